The number of amides is 1. The molecule has 3 aromatic rings. The number of ether oxygens (including phenoxy) is 1. The lowest BCUT2D eigenvalue weighted by atomic mass is 9.80. The Bertz CT molecular complexity index is 955. The van der Waals surface area contributed by atoms with Crippen LogP contribution in [0.1, 0.15) is 23.2 Å². The number of aromatic nitrogens is 1. The van der Waals surface area contributed by atoms with Crippen LogP contribution in [0.4, 0.5) is 0 Å². The number of hydrogen-bond acceptors (Lipinski definition) is 3. The number of rotatable bonds is 5. The van der Waals surface area contributed by atoms with Crippen LogP contribution in [-0.2, 0) is 4.74 Å². The van der Waals surface area contributed by atoms with Crippen LogP contribution in [0.2, 0.25) is 0 Å². The highest BCUT2D eigenvalue weighted by molar-refractivity contribution is 5.95. The van der Waals surface area contributed by atoms with Gasteiger partial charge in [0.25, 0.3) is 5.91 Å². The highest BCUT2D eigenvalue weighted by Crippen LogP contribution is 2.31. The minimum atomic E-state index is -0.255. The third kappa shape index (κ3) is 3.68. The summed E-state index contributed by atoms with van der Waals surface area (Å²) in [5, 5.41) is 11.0. The van der Waals surface area contributed by atoms with Gasteiger partial charge in [0.1, 0.15) is 0 Å². The minimum absolute atomic E-state index is 0.0213. The maximum atomic E-state index is 12.9. The van der Waals surface area contributed by atoms with Gasteiger partial charge in [-0.05, 0) is 59.7 Å². The van der Waals surface area contributed by atoms with E-state index in [0.717, 1.165) is 29.5 Å². The lowest BCUT2D eigenvalue weighted by Gasteiger charge is -2.38. The molecule has 2 aromatic carbocycles. The van der Waals surface area contributed by atoms with E-state index in [9.17, 15) is 9.90 Å². The van der Waals surface area contributed by atoms with E-state index in [1.165, 1.54) is 5.39 Å². The van der Waals surface area contributed by atoms with Crippen molar-refractivity contribution in [2.24, 2.45) is 5.41 Å². The molecule has 0 atom stereocenters. The fourth-order valence-corrected chi connectivity index (χ4v) is 4.00. The molecule has 0 radical (unpaired) electrons. The molecule has 28 heavy (non-hydrogen) atoms. The molecule has 1 aliphatic rings. The fraction of sp³-hybridized carbons (Fsp3) is 0.348. The second-order valence-corrected chi connectivity index (χ2v) is 7.79. The van der Waals surface area contributed by atoms with Gasteiger partial charge in [-0.1, -0.05) is 18.2 Å². The average molecular weight is 378 g/mol. The van der Waals surface area contributed by atoms with Crippen molar-refractivity contribution in [1.82, 2.24) is 9.88 Å². The van der Waals surface area contributed by atoms with Gasteiger partial charge in [0.15, 0.2) is 0 Å². The molecule has 2 heterocycles. The number of nitrogens with one attached hydrogen (secondary N) is 1. The van der Waals surface area contributed by atoms with E-state index in [-0.39, 0.29) is 17.9 Å². The molecular weight excluding hydrogens is 352 g/mol. The Balaban J connectivity index is 1.48. The Kier molecular flexibility index (Phi) is 5.20. The Labute approximate surface area is 164 Å². The lowest BCUT2D eigenvalue weighted by Crippen LogP contribution is -2.44. The third-order valence-corrected chi connectivity index (χ3v) is 5.83. The molecule has 0 unspecified atom stereocenters. The summed E-state index contributed by atoms with van der Waals surface area (Å²) in [6.07, 6.45) is 3.49. The van der Waals surface area contributed by atoms with Gasteiger partial charge in [0.2, 0.25) is 0 Å². The molecule has 0 saturated carbocycles. The van der Waals surface area contributed by atoms with Crippen molar-refractivity contribution in [3.05, 3.63) is 60.3 Å². The predicted molar refractivity (Wildman–Crippen MR) is 110 cm³/mol. The third-order valence-electron chi connectivity index (χ3n) is 5.83. The van der Waals surface area contributed by atoms with E-state index >= 15 is 0 Å². The van der Waals surface area contributed by atoms with Gasteiger partial charge in [0, 0.05) is 49.5 Å². The first kappa shape index (κ1) is 18.7. The molecule has 146 valence electrons. The largest absolute Gasteiger partial charge is 0.396 e. The first-order valence-corrected chi connectivity index (χ1v) is 9.72. The summed E-state index contributed by atoms with van der Waals surface area (Å²) < 4.78 is 5.41. The van der Waals surface area contributed by atoms with Crippen LogP contribution in [0.3, 0.4) is 0 Å². The quantitative estimate of drug-likeness (QED) is 0.712. The van der Waals surface area contributed by atoms with Crippen LogP contribution in [-0.4, -0.2) is 54.3 Å². The second-order valence-electron chi connectivity index (χ2n) is 7.79. The highest BCUT2D eigenvalue weighted by atomic mass is 16.5. The van der Waals surface area contributed by atoms with Gasteiger partial charge in [-0.25, -0.2) is 0 Å². The highest BCUT2D eigenvalue weighted by Gasteiger charge is 2.34. The zero-order valence-corrected chi connectivity index (χ0v) is 16.1. The van der Waals surface area contributed by atoms with Gasteiger partial charge < -0.3 is 19.7 Å². The van der Waals surface area contributed by atoms with Crippen LogP contribution in [0.5, 0.6) is 0 Å². The number of benzene rings is 2. The summed E-state index contributed by atoms with van der Waals surface area (Å²) in [6, 6.07) is 16.1. The number of aliphatic hydroxyl groups is 1. The molecule has 0 aliphatic carbocycles. The van der Waals surface area contributed by atoms with Crippen LogP contribution in [0.25, 0.3) is 22.0 Å². The Morgan fingerprint density at radius 1 is 1.11 bits per heavy atom. The molecule has 1 aliphatic heterocycles. The van der Waals surface area contributed by atoms with Crippen molar-refractivity contribution in [3.63, 3.8) is 0 Å². The molecule has 1 fully saturated rings. The standard InChI is InChI=1S/C23H26N2O3/c1-25(15-23(16-26)9-12-28-13-10-23)22(27)18-4-2-17(3-5-18)19-6-7-21-20(14-19)8-11-24-21/h2-8,11,14,24,26H,9-10,12-13,15-16H2,1H3. The van der Waals surface area contributed by atoms with Crippen molar-refractivity contribution < 1.29 is 14.6 Å². The summed E-state index contributed by atoms with van der Waals surface area (Å²) in [6.45, 7) is 1.90. The summed E-state index contributed by atoms with van der Waals surface area (Å²) in [4.78, 5) is 17.8. The van der Waals surface area contributed by atoms with E-state index in [2.05, 4.69) is 29.2 Å². The lowest BCUT2D eigenvalue weighted by molar-refractivity contribution is -0.0282. The van der Waals surface area contributed by atoms with Crippen LogP contribution in [0.15, 0.2) is 54.7 Å². The van der Waals surface area contributed by atoms with Crippen molar-refractivity contribution in [1.29, 1.82) is 0 Å². The molecule has 5 heteroatoms. The van der Waals surface area contributed by atoms with Crippen molar-refractivity contribution in [2.45, 2.75) is 12.8 Å². The zero-order valence-electron chi connectivity index (χ0n) is 16.1. The fourth-order valence-electron chi connectivity index (χ4n) is 4.00. The summed E-state index contributed by atoms with van der Waals surface area (Å²) >= 11 is 0. The van der Waals surface area contributed by atoms with Gasteiger partial charge in [-0.3, -0.25) is 4.79 Å². The van der Waals surface area contributed by atoms with Gasteiger partial charge in [-0.2, -0.15) is 0 Å². The molecule has 0 bridgehead atoms. The van der Waals surface area contributed by atoms with Crippen molar-refractivity contribution in [2.75, 3.05) is 33.4 Å². The van der Waals surface area contributed by atoms with Crippen LogP contribution in [0, 0.1) is 5.41 Å². The molecule has 1 saturated heterocycles. The molecule has 0 spiro atoms. The first-order chi connectivity index (χ1) is 13.6. The Morgan fingerprint density at radius 2 is 1.82 bits per heavy atom. The second kappa shape index (κ2) is 7.78. The normalized spacial score (nSPS) is 16.2. The predicted octanol–water partition coefficient (Wildman–Crippen LogP) is 3.70. The van der Waals surface area contributed by atoms with Crippen LogP contribution < -0.4 is 0 Å². The van der Waals surface area contributed by atoms with Gasteiger partial charge >= 0.3 is 0 Å². The maximum absolute atomic E-state index is 12.9. The first-order valence-electron chi connectivity index (χ1n) is 9.72. The smallest absolute Gasteiger partial charge is 0.253 e. The van der Waals surface area contributed by atoms with E-state index in [0.29, 0.717) is 25.3 Å². The van der Waals surface area contributed by atoms with Gasteiger partial charge in [0.05, 0.1) is 6.61 Å². The SMILES string of the molecule is CN(CC1(CO)CCOCC1)C(=O)c1ccc(-c2ccc3[nH]ccc3c2)cc1. The number of carbonyl (C=O) groups excluding carboxylic acids is 1. The number of carbonyl (C=O) groups is 1. The van der Waals surface area contributed by atoms with Crippen LogP contribution >= 0.6 is 0 Å². The monoisotopic (exact) mass is 378 g/mol. The molecule has 1 aromatic heterocycles. The molecule has 4 rings (SSSR count). The van der Waals surface area contributed by atoms with E-state index < -0.39 is 0 Å². The molecule has 2 N–H and O–H groups in total. The number of nitrogens with zero attached hydrogens (tertiary/aromatic N) is 1. The molecule has 5 nitrogen and oxygen atoms in total. The number of hydrogen-bond donors (Lipinski definition) is 2. The summed E-state index contributed by atoms with van der Waals surface area (Å²) in [7, 11) is 1.81. The molecular formula is C23H26N2O3. The molecule has 1 amide bonds. The zero-order chi connectivity index (χ0) is 19.6. The number of fused-ring (bicyclic) bond motifs is 1. The van der Waals surface area contributed by atoms with Crippen molar-refractivity contribution in [3.8, 4) is 11.1 Å². The Hall–Kier alpha value is -2.63. The van der Waals surface area contributed by atoms with Crippen molar-refractivity contribution >= 4 is 16.8 Å². The minimum Gasteiger partial charge on any atom is -0.396 e. The van der Waals surface area contributed by atoms with E-state index in [1.54, 1.807) is 4.90 Å². The maximum Gasteiger partial charge on any atom is 0.253 e. The number of aliphatic hydroxyl groups excluding tert-OH is 1. The number of aromatic amines is 1. The number of H-pyrrole nitrogens is 1. The Morgan fingerprint density at radius 3 is 2.54 bits per heavy atom. The van der Waals surface area contributed by atoms with E-state index in [4.69, 9.17) is 4.74 Å². The topological polar surface area (TPSA) is 65.6 Å². The average Bonchev–Trinajstić information content (AvgIpc) is 3.22. The summed E-state index contributed by atoms with van der Waals surface area (Å²) in [5.41, 5.74) is 3.73. The van der Waals surface area contributed by atoms with E-state index in [1.807, 2.05) is 37.5 Å². The summed E-state index contributed by atoms with van der Waals surface area (Å²) in [5.74, 6) is -0.0213. The van der Waals surface area contributed by atoms with Gasteiger partial charge in [-0.15, -0.1) is 0 Å².